The maximum Gasteiger partial charge on any atom is 0.164 e. The van der Waals surface area contributed by atoms with E-state index in [-0.39, 0.29) is 5.41 Å². The van der Waals surface area contributed by atoms with Crippen LogP contribution >= 0.6 is 0 Å². The summed E-state index contributed by atoms with van der Waals surface area (Å²) in [5.41, 5.74) is 11.3. The van der Waals surface area contributed by atoms with Gasteiger partial charge in [-0.25, -0.2) is 15.0 Å². The summed E-state index contributed by atoms with van der Waals surface area (Å²) in [4.78, 5) is 16.5. The lowest BCUT2D eigenvalue weighted by Crippen LogP contribution is -2.49. The number of hydrogen-bond donors (Lipinski definition) is 0. The minimum Gasteiger partial charge on any atom is -0.457 e. The van der Waals surface area contributed by atoms with Gasteiger partial charge < -0.3 is 4.74 Å². The first-order valence-corrected chi connectivity index (χ1v) is 21.1. The third-order valence-corrected chi connectivity index (χ3v) is 14.5. The highest BCUT2D eigenvalue weighted by atomic mass is 16.5. The molecule has 278 valence electrons. The van der Waals surface area contributed by atoms with Crippen LogP contribution in [0.3, 0.4) is 0 Å². The number of ether oxygens (including phenoxy) is 1. The van der Waals surface area contributed by atoms with E-state index < -0.39 is 5.41 Å². The molecule has 0 atom stereocenters. The lowest BCUT2D eigenvalue weighted by molar-refractivity contribution is -0.00938. The smallest absolute Gasteiger partial charge is 0.164 e. The molecule has 1 spiro atoms. The van der Waals surface area contributed by atoms with Crippen molar-refractivity contribution in [1.82, 2.24) is 15.0 Å². The molecule has 0 amide bonds. The van der Waals surface area contributed by atoms with Crippen LogP contribution in [0.1, 0.15) is 66.6 Å². The molecule has 4 bridgehead atoms. The van der Waals surface area contributed by atoms with Gasteiger partial charge in [-0.2, -0.15) is 0 Å². The summed E-state index contributed by atoms with van der Waals surface area (Å²) in [6, 6.07) is 57.1. The summed E-state index contributed by atoms with van der Waals surface area (Å²) in [6.45, 7) is 0. The molecular formula is C54H41N3O. The maximum atomic E-state index is 6.58. The first kappa shape index (κ1) is 32.7. The number of para-hydroxylation sites is 2. The standard InChI is InChI=1S/C54H41N3O/c1-2-14-38-36(12-1)13-11-18-42(38)51-55-50(56-52(57-51)53-30-33-26-34(31-53)28-35(27-33)32-53)41-17-4-3-15-39(41)37-24-25-45-43(29-37)40-16-5-6-19-44(40)54(45)46-20-7-9-22-48(46)58-49-23-10-8-21-47(49)54/h1-25,29,33-35H,26-28,30-32H2. The predicted octanol–water partition coefficient (Wildman–Crippen LogP) is 13.0. The highest BCUT2D eigenvalue weighted by Crippen LogP contribution is 2.63. The zero-order chi connectivity index (χ0) is 38.0. The number of nitrogens with zero attached hydrogens (tertiary/aromatic N) is 3. The van der Waals surface area contributed by atoms with E-state index in [1.807, 2.05) is 0 Å². The quantitative estimate of drug-likeness (QED) is 0.180. The van der Waals surface area contributed by atoms with Crippen molar-refractivity contribution in [2.24, 2.45) is 17.8 Å². The number of rotatable bonds is 4. The molecule has 1 aromatic heterocycles. The van der Waals surface area contributed by atoms with E-state index in [2.05, 4.69) is 158 Å². The fourth-order valence-corrected chi connectivity index (χ4v) is 12.6. The molecular weight excluding hydrogens is 707 g/mol. The van der Waals surface area contributed by atoms with Gasteiger partial charge in [0.1, 0.15) is 17.3 Å². The van der Waals surface area contributed by atoms with Crippen LogP contribution in [0.2, 0.25) is 0 Å². The van der Waals surface area contributed by atoms with E-state index in [1.165, 1.54) is 82.7 Å². The molecule has 4 saturated carbocycles. The van der Waals surface area contributed by atoms with Crippen molar-refractivity contribution >= 4 is 10.8 Å². The average molecular weight is 748 g/mol. The van der Waals surface area contributed by atoms with E-state index in [1.54, 1.807) is 0 Å². The van der Waals surface area contributed by atoms with Gasteiger partial charge in [0.2, 0.25) is 0 Å². The van der Waals surface area contributed by atoms with E-state index in [0.717, 1.165) is 69.0 Å². The Kier molecular flexibility index (Phi) is 6.80. The van der Waals surface area contributed by atoms with E-state index in [4.69, 9.17) is 19.7 Å². The van der Waals surface area contributed by atoms with Gasteiger partial charge in [-0.15, -0.1) is 0 Å². The van der Waals surface area contributed by atoms with E-state index in [9.17, 15) is 0 Å². The molecule has 6 aliphatic rings. The Bertz CT molecular complexity index is 2910. The summed E-state index contributed by atoms with van der Waals surface area (Å²) in [5.74, 6) is 6.73. The maximum absolute atomic E-state index is 6.58. The third kappa shape index (κ3) is 4.54. The van der Waals surface area contributed by atoms with Crippen LogP contribution in [-0.4, -0.2) is 15.0 Å². The van der Waals surface area contributed by atoms with Crippen LogP contribution in [-0.2, 0) is 10.8 Å². The lowest BCUT2D eigenvalue weighted by Gasteiger charge is -2.56. The number of hydrogen-bond acceptors (Lipinski definition) is 4. The minimum absolute atomic E-state index is 0.0165. The summed E-state index contributed by atoms with van der Waals surface area (Å²) >= 11 is 0. The zero-order valence-corrected chi connectivity index (χ0v) is 32.2. The Balaban J connectivity index is 1.02. The Morgan fingerprint density at radius 3 is 1.69 bits per heavy atom. The lowest BCUT2D eigenvalue weighted by atomic mass is 9.49. The van der Waals surface area contributed by atoms with Crippen molar-refractivity contribution in [3.05, 3.63) is 186 Å². The summed E-state index contributed by atoms with van der Waals surface area (Å²) < 4.78 is 6.58. The number of benzene rings is 7. The number of fused-ring (bicyclic) bond motifs is 10. The van der Waals surface area contributed by atoms with E-state index in [0.29, 0.717) is 0 Å². The second kappa shape index (κ2) is 12.1. The fraction of sp³-hybridized carbons (Fsp3) is 0.204. The molecule has 8 aromatic rings. The summed E-state index contributed by atoms with van der Waals surface area (Å²) in [6.07, 6.45) is 7.72. The van der Waals surface area contributed by atoms with Crippen LogP contribution in [0.15, 0.2) is 158 Å². The van der Waals surface area contributed by atoms with Gasteiger partial charge >= 0.3 is 0 Å². The minimum atomic E-state index is -0.496. The van der Waals surface area contributed by atoms with Crippen molar-refractivity contribution in [3.8, 4) is 56.5 Å². The van der Waals surface area contributed by atoms with Crippen LogP contribution in [0.4, 0.5) is 0 Å². The van der Waals surface area contributed by atoms with Crippen molar-refractivity contribution < 1.29 is 4.74 Å². The molecule has 2 heterocycles. The molecule has 4 fully saturated rings. The molecule has 0 N–H and O–H groups in total. The average Bonchev–Trinajstić information content (AvgIpc) is 3.55. The SMILES string of the molecule is c1ccc2c(c1)Oc1ccccc1C21c2ccccc2-c2cc(-c3ccccc3-c3nc(-c4cccc5ccccc45)nc(C45CC6CC(CC(C6)C4)C5)n3)ccc21. The van der Waals surface area contributed by atoms with Crippen LogP contribution in [0, 0.1) is 17.8 Å². The molecule has 0 unspecified atom stereocenters. The fourth-order valence-electron chi connectivity index (χ4n) is 12.6. The Morgan fingerprint density at radius 1 is 0.431 bits per heavy atom. The second-order valence-electron chi connectivity index (χ2n) is 17.7. The monoisotopic (exact) mass is 747 g/mol. The molecule has 4 heteroatoms. The zero-order valence-electron chi connectivity index (χ0n) is 32.2. The van der Waals surface area contributed by atoms with Crippen molar-refractivity contribution in [3.63, 3.8) is 0 Å². The Hall–Kier alpha value is -6.39. The summed E-state index contributed by atoms with van der Waals surface area (Å²) in [7, 11) is 0. The Morgan fingerprint density at radius 2 is 0.966 bits per heavy atom. The van der Waals surface area contributed by atoms with Gasteiger partial charge in [-0.05, 0) is 119 Å². The third-order valence-electron chi connectivity index (χ3n) is 14.5. The van der Waals surface area contributed by atoms with Gasteiger partial charge in [0, 0.05) is 27.7 Å². The molecule has 4 nitrogen and oxygen atoms in total. The molecule has 0 radical (unpaired) electrons. The van der Waals surface area contributed by atoms with Gasteiger partial charge in [-0.1, -0.05) is 140 Å². The topological polar surface area (TPSA) is 47.9 Å². The van der Waals surface area contributed by atoms with Gasteiger partial charge in [0.05, 0.1) is 5.41 Å². The van der Waals surface area contributed by atoms with Crippen LogP contribution in [0.5, 0.6) is 11.5 Å². The highest BCUT2D eigenvalue weighted by molar-refractivity contribution is 5.96. The first-order chi connectivity index (χ1) is 28.6. The Labute approximate surface area is 338 Å². The highest BCUT2D eigenvalue weighted by Gasteiger charge is 2.54. The number of aromatic nitrogens is 3. The van der Waals surface area contributed by atoms with Crippen molar-refractivity contribution in [2.75, 3.05) is 0 Å². The predicted molar refractivity (Wildman–Crippen MR) is 231 cm³/mol. The summed E-state index contributed by atoms with van der Waals surface area (Å²) in [5, 5.41) is 2.37. The van der Waals surface area contributed by atoms with Crippen LogP contribution in [0.25, 0.3) is 55.8 Å². The van der Waals surface area contributed by atoms with Gasteiger partial charge in [-0.3, -0.25) is 0 Å². The molecule has 1 aliphatic heterocycles. The van der Waals surface area contributed by atoms with Crippen LogP contribution < -0.4 is 4.74 Å². The van der Waals surface area contributed by atoms with Gasteiger partial charge in [0.15, 0.2) is 11.6 Å². The normalized spacial score (nSPS) is 22.6. The van der Waals surface area contributed by atoms with E-state index >= 15 is 0 Å². The molecule has 14 rings (SSSR count). The van der Waals surface area contributed by atoms with Crippen molar-refractivity contribution in [2.45, 2.75) is 49.4 Å². The molecule has 7 aromatic carbocycles. The second-order valence-corrected chi connectivity index (χ2v) is 17.7. The molecule has 0 saturated heterocycles. The molecule has 58 heavy (non-hydrogen) atoms. The van der Waals surface area contributed by atoms with Gasteiger partial charge in [0.25, 0.3) is 0 Å². The first-order valence-electron chi connectivity index (χ1n) is 21.1. The van der Waals surface area contributed by atoms with Crippen molar-refractivity contribution in [1.29, 1.82) is 0 Å². The largest absolute Gasteiger partial charge is 0.457 e. The molecule has 5 aliphatic carbocycles.